The van der Waals surface area contributed by atoms with E-state index in [0.717, 1.165) is 25.8 Å². The summed E-state index contributed by atoms with van der Waals surface area (Å²) in [6, 6.07) is 0. The zero-order chi connectivity index (χ0) is 14.6. The Labute approximate surface area is 119 Å². The Morgan fingerprint density at radius 2 is 2.35 bits per heavy atom. The van der Waals surface area contributed by atoms with Crippen LogP contribution in [-0.4, -0.2) is 51.1 Å². The van der Waals surface area contributed by atoms with Gasteiger partial charge in [0.25, 0.3) is 5.91 Å². The number of aromatic nitrogens is 2. The van der Waals surface area contributed by atoms with Crippen LogP contribution in [0.25, 0.3) is 0 Å². The molecule has 1 aromatic rings. The standard InChI is InChI=1S/C14H22N4O2/c1-3-6-16-12-9-15-8-11(17-12)13(19)18-7-4-5-14(2,20)10-18/h8-9,20H,3-7,10H2,1-2H3,(H,16,17). The van der Waals surface area contributed by atoms with Crippen molar-refractivity contribution < 1.29 is 9.90 Å². The lowest BCUT2D eigenvalue weighted by Crippen LogP contribution is -2.48. The average molecular weight is 278 g/mol. The Bertz CT molecular complexity index is 476. The predicted molar refractivity (Wildman–Crippen MR) is 76.6 cm³/mol. The molecule has 0 bridgehead atoms. The van der Waals surface area contributed by atoms with Crippen molar-refractivity contribution in [3.8, 4) is 0 Å². The zero-order valence-electron chi connectivity index (χ0n) is 12.1. The maximum atomic E-state index is 12.4. The molecule has 1 fully saturated rings. The summed E-state index contributed by atoms with van der Waals surface area (Å²) in [5.41, 5.74) is -0.483. The van der Waals surface area contributed by atoms with E-state index in [1.807, 2.05) is 0 Å². The second-order valence-electron chi connectivity index (χ2n) is 5.54. The number of piperidine rings is 1. The van der Waals surface area contributed by atoms with Crippen molar-refractivity contribution >= 4 is 11.7 Å². The molecule has 110 valence electrons. The number of hydrogen-bond donors (Lipinski definition) is 2. The van der Waals surface area contributed by atoms with Gasteiger partial charge in [0, 0.05) is 19.6 Å². The first-order valence-electron chi connectivity index (χ1n) is 7.09. The third-order valence-electron chi connectivity index (χ3n) is 3.37. The molecule has 6 nitrogen and oxygen atoms in total. The Morgan fingerprint density at radius 1 is 1.55 bits per heavy atom. The van der Waals surface area contributed by atoms with Crippen LogP contribution in [0.2, 0.25) is 0 Å². The molecule has 1 aromatic heterocycles. The van der Waals surface area contributed by atoms with E-state index in [1.165, 1.54) is 6.20 Å². The normalized spacial score (nSPS) is 22.6. The first-order chi connectivity index (χ1) is 9.52. The number of carbonyl (C=O) groups excluding carboxylic acids is 1. The zero-order valence-corrected chi connectivity index (χ0v) is 12.1. The van der Waals surface area contributed by atoms with Crippen molar-refractivity contribution in [1.29, 1.82) is 0 Å². The van der Waals surface area contributed by atoms with E-state index in [-0.39, 0.29) is 5.91 Å². The number of carbonyl (C=O) groups is 1. The van der Waals surface area contributed by atoms with Gasteiger partial charge in [0.2, 0.25) is 0 Å². The Kier molecular flexibility index (Phi) is 4.54. The number of β-amino-alcohol motifs (C(OH)–C–C–N with tert-alkyl or cyclic N) is 1. The molecule has 1 amide bonds. The number of aliphatic hydroxyl groups is 1. The summed E-state index contributed by atoms with van der Waals surface area (Å²) in [5, 5.41) is 13.2. The van der Waals surface area contributed by atoms with Gasteiger partial charge in [-0.05, 0) is 26.2 Å². The number of likely N-dealkylation sites (tertiary alicyclic amines) is 1. The molecule has 1 atom stereocenters. The summed E-state index contributed by atoms with van der Waals surface area (Å²) < 4.78 is 0. The van der Waals surface area contributed by atoms with Crippen LogP contribution >= 0.6 is 0 Å². The van der Waals surface area contributed by atoms with E-state index in [9.17, 15) is 9.90 Å². The Hall–Kier alpha value is -1.69. The van der Waals surface area contributed by atoms with Crippen LogP contribution in [0.4, 0.5) is 5.82 Å². The van der Waals surface area contributed by atoms with Gasteiger partial charge in [0.15, 0.2) is 0 Å². The van der Waals surface area contributed by atoms with Gasteiger partial charge in [-0.2, -0.15) is 0 Å². The predicted octanol–water partition coefficient (Wildman–Crippen LogP) is 1.29. The van der Waals surface area contributed by atoms with Crippen LogP contribution in [-0.2, 0) is 0 Å². The molecule has 2 rings (SSSR count). The summed E-state index contributed by atoms with van der Waals surface area (Å²) in [6.45, 7) is 5.62. The summed E-state index contributed by atoms with van der Waals surface area (Å²) in [4.78, 5) is 22.4. The molecular weight excluding hydrogens is 256 g/mol. The number of amides is 1. The van der Waals surface area contributed by atoms with E-state index < -0.39 is 5.60 Å². The maximum Gasteiger partial charge on any atom is 0.274 e. The highest BCUT2D eigenvalue weighted by molar-refractivity contribution is 5.92. The van der Waals surface area contributed by atoms with Crippen molar-refractivity contribution in [2.45, 2.75) is 38.7 Å². The Balaban J connectivity index is 2.08. The van der Waals surface area contributed by atoms with Gasteiger partial charge in [-0.1, -0.05) is 6.92 Å². The highest BCUT2D eigenvalue weighted by atomic mass is 16.3. The molecule has 0 spiro atoms. The smallest absolute Gasteiger partial charge is 0.274 e. The first kappa shape index (κ1) is 14.7. The summed E-state index contributed by atoms with van der Waals surface area (Å²) >= 11 is 0. The minimum absolute atomic E-state index is 0.169. The molecule has 1 aliphatic heterocycles. The number of hydrogen-bond acceptors (Lipinski definition) is 5. The van der Waals surface area contributed by atoms with Gasteiger partial charge in [-0.25, -0.2) is 4.98 Å². The van der Waals surface area contributed by atoms with Crippen molar-refractivity contribution in [1.82, 2.24) is 14.9 Å². The number of nitrogens with zero attached hydrogens (tertiary/aromatic N) is 3. The molecule has 1 aliphatic rings. The van der Waals surface area contributed by atoms with Crippen LogP contribution in [0.1, 0.15) is 43.6 Å². The molecule has 2 heterocycles. The molecular formula is C14H22N4O2. The first-order valence-corrected chi connectivity index (χ1v) is 7.09. The summed E-state index contributed by atoms with van der Waals surface area (Å²) in [6.07, 6.45) is 5.59. The SMILES string of the molecule is CCCNc1cncc(C(=O)N2CCCC(C)(O)C2)n1. The van der Waals surface area contributed by atoms with Crippen molar-refractivity contribution in [2.75, 3.05) is 25.0 Å². The third kappa shape index (κ3) is 3.66. The maximum absolute atomic E-state index is 12.4. The molecule has 0 saturated carbocycles. The van der Waals surface area contributed by atoms with Crippen LogP contribution in [0.15, 0.2) is 12.4 Å². The van der Waals surface area contributed by atoms with Crippen LogP contribution < -0.4 is 5.32 Å². The molecule has 0 radical (unpaired) electrons. The molecule has 1 saturated heterocycles. The fourth-order valence-electron chi connectivity index (χ4n) is 2.36. The minimum Gasteiger partial charge on any atom is -0.388 e. The van der Waals surface area contributed by atoms with E-state index >= 15 is 0 Å². The van der Waals surface area contributed by atoms with Gasteiger partial charge in [0.1, 0.15) is 11.5 Å². The topological polar surface area (TPSA) is 78.4 Å². The molecule has 20 heavy (non-hydrogen) atoms. The molecule has 1 unspecified atom stereocenters. The van der Waals surface area contributed by atoms with E-state index in [2.05, 4.69) is 22.2 Å². The largest absolute Gasteiger partial charge is 0.388 e. The van der Waals surface area contributed by atoms with E-state index in [0.29, 0.717) is 24.6 Å². The van der Waals surface area contributed by atoms with E-state index in [4.69, 9.17) is 0 Å². The van der Waals surface area contributed by atoms with Gasteiger partial charge < -0.3 is 15.3 Å². The lowest BCUT2D eigenvalue weighted by molar-refractivity contribution is -0.0109. The van der Waals surface area contributed by atoms with Gasteiger partial charge >= 0.3 is 0 Å². The summed E-state index contributed by atoms with van der Waals surface area (Å²) in [5.74, 6) is 0.444. The number of nitrogens with one attached hydrogen (secondary N) is 1. The monoisotopic (exact) mass is 278 g/mol. The van der Waals surface area contributed by atoms with Crippen LogP contribution in [0, 0.1) is 0 Å². The lowest BCUT2D eigenvalue weighted by atomic mass is 9.95. The third-order valence-corrected chi connectivity index (χ3v) is 3.37. The average Bonchev–Trinajstić information content (AvgIpc) is 2.43. The highest BCUT2D eigenvalue weighted by Gasteiger charge is 2.31. The van der Waals surface area contributed by atoms with Crippen molar-refractivity contribution in [3.05, 3.63) is 18.1 Å². The fraction of sp³-hybridized carbons (Fsp3) is 0.643. The van der Waals surface area contributed by atoms with Crippen LogP contribution in [0.3, 0.4) is 0 Å². The molecule has 6 heteroatoms. The number of anilines is 1. The quantitative estimate of drug-likeness (QED) is 0.867. The number of rotatable bonds is 4. The van der Waals surface area contributed by atoms with Crippen molar-refractivity contribution in [3.63, 3.8) is 0 Å². The van der Waals surface area contributed by atoms with Gasteiger partial charge in [0.05, 0.1) is 18.0 Å². The second kappa shape index (κ2) is 6.17. The minimum atomic E-state index is -0.806. The fourth-order valence-corrected chi connectivity index (χ4v) is 2.36. The van der Waals surface area contributed by atoms with E-state index in [1.54, 1.807) is 18.0 Å². The molecule has 0 aliphatic carbocycles. The van der Waals surface area contributed by atoms with Gasteiger partial charge in [-0.15, -0.1) is 0 Å². The summed E-state index contributed by atoms with van der Waals surface area (Å²) in [7, 11) is 0. The van der Waals surface area contributed by atoms with Crippen LogP contribution in [0.5, 0.6) is 0 Å². The van der Waals surface area contributed by atoms with Gasteiger partial charge in [-0.3, -0.25) is 9.78 Å². The molecule has 0 aromatic carbocycles. The second-order valence-corrected chi connectivity index (χ2v) is 5.54. The van der Waals surface area contributed by atoms with Crippen molar-refractivity contribution in [2.24, 2.45) is 0 Å². The lowest BCUT2D eigenvalue weighted by Gasteiger charge is -2.36. The Morgan fingerprint density at radius 3 is 3.05 bits per heavy atom. The highest BCUT2D eigenvalue weighted by Crippen LogP contribution is 2.21. The molecule has 2 N–H and O–H groups in total.